The molecule has 0 aliphatic rings. The molecule has 2 heterocycles. The molecule has 0 spiro atoms. The number of pyridine rings is 1. The van der Waals surface area contributed by atoms with Gasteiger partial charge in [0.25, 0.3) is 5.91 Å². The van der Waals surface area contributed by atoms with Crippen LogP contribution in [0.25, 0.3) is 11.0 Å². The third-order valence-corrected chi connectivity index (χ3v) is 4.20. The van der Waals surface area contributed by atoms with Crippen molar-refractivity contribution in [2.75, 3.05) is 5.32 Å². The highest BCUT2D eigenvalue weighted by Crippen LogP contribution is 2.27. The van der Waals surface area contributed by atoms with E-state index in [0.717, 1.165) is 18.4 Å². The number of primary amides is 1. The fourth-order valence-corrected chi connectivity index (χ4v) is 2.86. The fourth-order valence-electron chi connectivity index (χ4n) is 2.74. The summed E-state index contributed by atoms with van der Waals surface area (Å²) in [5.74, 6) is 0.0290. The number of nitrogens with two attached hydrogens (primary N) is 1. The van der Waals surface area contributed by atoms with Crippen molar-refractivity contribution >= 4 is 34.4 Å². The number of carbonyl (C=O) groups excluding carboxylic acids is 1. The average Bonchev–Trinajstić information content (AvgIpc) is 2.61. The highest BCUT2D eigenvalue weighted by atomic mass is 35.5. The Morgan fingerprint density at radius 2 is 1.92 bits per heavy atom. The third-order valence-electron chi connectivity index (χ3n) is 3.95. The molecule has 0 radical (unpaired) electrons. The van der Waals surface area contributed by atoms with E-state index in [2.05, 4.69) is 27.2 Å². The maximum absolute atomic E-state index is 11.6. The maximum Gasteiger partial charge on any atom is 0.251 e. The normalized spacial score (nSPS) is 12.1. The van der Waals surface area contributed by atoms with Crippen molar-refractivity contribution in [3.63, 3.8) is 0 Å². The van der Waals surface area contributed by atoms with E-state index in [1.807, 2.05) is 24.3 Å². The minimum absolute atomic E-state index is 0.0411. The van der Waals surface area contributed by atoms with Gasteiger partial charge < -0.3 is 11.1 Å². The Balaban J connectivity index is 2.01. The molecular formula is C18H18ClN5O. The molecule has 1 aromatic carbocycles. The second-order valence-corrected chi connectivity index (χ2v) is 6.12. The first-order valence-electron chi connectivity index (χ1n) is 8.01. The number of fused-ring (bicyclic) bond motifs is 1. The Labute approximate surface area is 150 Å². The first-order valence-corrected chi connectivity index (χ1v) is 8.39. The Kier molecular flexibility index (Phi) is 5.09. The molecule has 0 fully saturated rings. The fraction of sp³-hybridized carbons (Fsp3) is 0.222. The van der Waals surface area contributed by atoms with Gasteiger partial charge in [-0.15, -0.1) is 0 Å². The van der Waals surface area contributed by atoms with Crippen LogP contribution in [-0.4, -0.2) is 20.9 Å². The number of nitrogens with one attached hydrogen (secondary N) is 1. The highest BCUT2D eigenvalue weighted by molar-refractivity contribution is 6.30. The zero-order valence-electron chi connectivity index (χ0n) is 13.7. The van der Waals surface area contributed by atoms with Gasteiger partial charge in [-0.3, -0.25) is 9.78 Å². The van der Waals surface area contributed by atoms with Crippen LogP contribution in [0, 0.1) is 0 Å². The lowest BCUT2D eigenvalue weighted by Gasteiger charge is -2.20. The number of benzene rings is 1. The number of hydrogen-bond acceptors (Lipinski definition) is 5. The van der Waals surface area contributed by atoms with Gasteiger partial charge in [0.1, 0.15) is 17.4 Å². The van der Waals surface area contributed by atoms with Crippen LogP contribution in [0.1, 0.15) is 41.7 Å². The van der Waals surface area contributed by atoms with Crippen molar-refractivity contribution in [1.82, 2.24) is 15.0 Å². The van der Waals surface area contributed by atoms with E-state index < -0.39 is 5.91 Å². The molecule has 3 N–H and O–H groups in total. The number of nitrogens with zero attached hydrogens (tertiary/aromatic N) is 3. The molecule has 0 aliphatic heterocycles. The lowest BCUT2D eigenvalue weighted by Crippen LogP contribution is -2.15. The quantitative estimate of drug-likeness (QED) is 0.702. The van der Waals surface area contributed by atoms with Gasteiger partial charge in [0.05, 0.1) is 11.6 Å². The molecule has 25 heavy (non-hydrogen) atoms. The summed E-state index contributed by atoms with van der Waals surface area (Å²) < 4.78 is 0. The summed E-state index contributed by atoms with van der Waals surface area (Å²) in [6, 6.07) is 9.30. The number of amides is 1. The van der Waals surface area contributed by atoms with E-state index >= 15 is 0 Å². The van der Waals surface area contributed by atoms with E-state index in [9.17, 15) is 4.79 Å². The van der Waals surface area contributed by atoms with Gasteiger partial charge in [-0.2, -0.15) is 0 Å². The SMILES string of the molecule is CCC[C@@H](Nc1ncnc2c(C(N)=O)ccnc12)c1ccc(Cl)cc1. The van der Waals surface area contributed by atoms with Gasteiger partial charge in [-0.1, -0.05) is 37.1 Å². The number of aromatic nitrogens is 3. The van der Waals surface area contributed by atoms with Crippen LogP contribution >= 0.6 is 11.6 Å². The van der Waals surface area contributed by atoms with E-state index in [-0.39, 0.29) is 6.04 Å². The average molecular weight is 356 g/mol. The van der Waals surface area contributed by atoms with Gasteiger partial charge >= 0.3 is 0 Å². The van der Waals surface area contributed by atoms with Crippen LogP contribution in [0.3, 0.4) is 0 Å². The van der Waals surface area contributed by atoms with Crippen LogP contribution in [0.5, 0.6) is 0 Å². The van der Waals surface area contributed by atoms with E-state index in [0.29, 0.717) is 27.4 Å². The van der Waals surface area contributed by atoms with Crippen molar-refractivity contribution in [3.05, 3.63) is 59.0 Å². The van der Waals surface area contributed by atoms with Crippen molar-refractivity contribution < 1.29 is 4.79 Å². The number of hydrogen-bond donors (Lipinski definition) is 2. The Morgan fingerprint density at radius 1 is 1.16 bits per heavy atom. The molecule has 1 atom stereocenters. The van der Waals surface area contributed by atoms with Crippen molar-refractivity contribution in [3.8, 4) is 0 Å². The summed E-state index contributed by atoms with van der Waals surface area (Å²) in [4.78, 5) is 24.4. The molecule has 3 rings (SSSR count). The Hall–Kier alpha value is -2.73. The maximum atomic E-state index is 11.6. The van der Waals surface area contributed by atoms with E-state index in [1.54, 1.807) is 6.07 Å². The molecule has 0 unspecified atom stereocenters. The first-order chi connectivity index (χ1) is 12.1. The van der Waals surface area contributed by atoms with Gasteiger partial charge in [-0.05, 0) is 30.2 Å². The minimum atomic E-state index is -0.542. The lowest BCUT2D eigenvalue weighted by atomic mass is 10.0. The molecule has 1 amide bonds. The standard InChI is InChI=1S/C18H18ClN5O/c1-2-3-14(11-4-6-12(19)7-5-11)24-18-16-15(22-10-23-18)13(17(20)25)8-9-21-16/h4-10,14H,2-3H2,1H3,(H2,20,25)(H,22,23,24)/t14-/m1/s1. The summed E-state index contributed by atoms with van der Waals surface area (Å²) >= 11 is 5.98. The predicted octanol–water partition coefficient (Wildman–Crippen LogP) is 3.73. The van der Waals surface area contributed by atoms with Gasteiger partial charge in [0.15, 0.2) is 5.82 Å². The molecule has 7 heteroatoms. The monoisotopic (exact) mass is 355 g/mol. The molecule has 0 saturated carbocycles. The molecular weight excluding hydrogens is 338 g/mol. The van der Waals surface area contributed by atoms with Crippen molar-refractivity contribution in [2.45, 2.75) is 25.8 Å². The molecule has 6 nitrogen and oxygen atoms in total. The minimum Gasteiger partial charge on any atom is -0.366 e. The number of halogens is 1. The second kappa shape index (κ2) is 7.44. The van der Waals surface area contributed by atoms with Crippen LogP contribution in [0.4, 0.5) is 5.82 Å². The first kappa shape index (κ1) is 17.1. The summed E-state index contributed by atoms with van der Waals surface area (Å²) in [5, 5.41) is 4.11. The number of anilines is 1. The molecule has 128 valence electrons. The van der Waals surface area contributed by atoms with Crippen molar-refractivity contribution in [1.29, 1.82) is 0 Å². The molecule has 0 bridgehead atoms. The van der Waals surface area contributed by atoms with Gasteiger partial charge in [0, 0.05) is 11.2 Å². The highest BCUT2D eigenvalue weighted by Gasteiger charge is 2.16. The van der Waals surface area contributed by atoms with Gasteiger partial charge in [-0.25, -0.2) is 9.97 Å². The summed E-state index contributed by atoms with van der Waals surface area (Å²) in [6.45, 7) is 2.12. The Morgan fingerprint density at radius 3 is 2.60 bits per heavy atom. The molecule has 0 saturated heterocycles. The zero-order chi connectivity index (χ0) is 17.8. The topological polar surface area (TPSA) is 93.8 Å². The molecule has 2 aromatic heterocycles. The molecule has 3 aromatic rings. The third kappa shape index (κ3) is 3.69. The Bertz CT molecular complexity index is 898. The molecule has 0 aliphatic carbocycles. The summed E-state index contributed by atoms with van der Waals surface area (Å²) in [7, 11) is 0. The van der Waals surface area contributed by atoms with Crippen LogP contribution in [-0.2, 0) is 0 Å². The summed E-state index contributed by atoms with van der Waals surface area (Å²) in [5.41, 5.74) is 7.82. The van der Waals surface area contributed by atoms with Gasteiger partial charge in [0.2, 0.25) is 0 Å². The van der Waals surface area contributed by atoms with E-state index in [1.165, 1.54) is 12.5 Å². The second-order valence-electron chi connectivity index (χ2n) is 5.68. The zero-order valence-corrected chi connectivity index (χ0v) is 14.5. The smallest absolute Gasteiger partial charge is 0.251 e. The largest absolute Gasteiger partial charge is 0.366 e. The van der Waals surface area contributed by atoms with E-state index in [4.69, 9.17) is 17.3 Å². The van der Waals surface area contributed by atoms with Crippen LogP contribution in [0.2, 0.25) is 5.02 Å². The van der Waals surface area contributed by atoms with Crippen molar-refractivity contribution in [2.24, 2.45) is 5.73 Å². The number of carbonyl (C=O) groups is 1. The van der Waals surface area contributed by atoms with Crippen LogP contribution < -0.4 is 11.1 Å². The lowest BCUT2D eigenvalue weighted by molar-refractivity contribution is 0.100. The number of rotatable bonds is 6. The predicted molar refractivity (Wildman–Crippen MR) is 98.6 cm³/mol. The summed E-state index contributed by atoms with van der Waals surface area (Å²) in [6.07, 6.45) is 4.84. The van der Waals surface area contributed by atoms with Crippen LogP contribution in [0.15, 0.2) is 42.9 Å².